The number of nitrogen functional groups attached to an aromatic ring is 2. The summed E-state index contributed by atoms with van der Waals surface area (Å²) in [5, 5.41) is 35.2. The summed E-state index contributed by atoms with van der Waals surface area (Å²) in [5.41, 5.74) is 8.97. The van der Waals surface area contributed by atoms with Gasteiger partial charge in [-0.25, -0.2) is 28.1 Å². The minimum Gasteiger partial charge on any atom is -0.465 e. The van der Waals surface area contributed by atoms with Gasteiger partial charge >= 0.3 is 51.3 Å². The molecule has 2 aromatic carbocycles. The summed E-state index contributed by atoms with van der Waals surface area (Å²) in [6.07, 6.45) is -3.34. The lowest BCUT2D eigenvalue weighted by atomic mass is 9.95. The number of esters is 6. The van der Waals surface area contributed by atoms with Gasteiger partial charge in [0.15, 0.2) is 36.1 Å². The maximum absolute atomic E-state index is 14.4. The van der Waals surface area contributed by atoms with E-state index in [1.54, 1.807) is 116 Å². The number of benzene rings is 2. The third kappa shape index (κ3) is 19.2. The van der Waals surface area contributed by atoms with Gasteiger partial charge in [0.2, 0.25) is 11.2 Å². The third-order valence-electron chi connectivity index (χ3n) is 15.4. The number of para-hydroxylation sites is 2. The molecule has 0 radical (unpaired) electrons. The number of anilines is 2. The molecule has 0 bridgehead atoms. The highest BCUT2D eigenvalue weighted by Gasteiger charge is 2.64. The Hall–Kier alpha value is -9.10. The van der Waals surface area contributed by atoms with E-state index >= 15 is 0 Å². The van der Waals surface area contributed by atoms with Gasteiger partial charge in [-0.3, -0.25) is 37.8 Å². The van der Waals surface area contributed by atoms with Gasteiger partial charge in [-0.15, -0.1) is 0 Å². The van der Waals surface area contributed by atoms with Crippen LogP contribution in [0.4, 0.5) is 11.6 Å². The summed E-state index contributed by atoms with van der Waals surface area (Å²) < 4.78 is 102. The fraction of sp³-hybridized carbons (Fsp3) is 0.515. The second-order valence-electron chi connectivity index (χ2n) is 24.7. The molecule has 34 heteroatoms. The number of hydrogen-bond acceptors (Lipinski definition) is 28. The molecule has 2 aliphatic rings. The lowest BCUT2D eigenvalue weighted by molar-refractivity contribution is -0.173. The lowest BCUT2D eigenvalue weighted by Crippen LogP contribution is -2.50. The van der Waals surface area contributed by atoms with Crippen molar-refractivity contribution in [3.05, 3.63) is 109 Å². The van der Waals surface area contributed by atoms with Gasteiger partial charge in [0.1, 0.15) is 84.8 Å². The van der Waals surface area contributed by atoms with Crippen molar-refractivity contribution in [1.29, 1.82) is 10.5 Å². The molecule has 6 N–H and O–H groups in total. The van der Waals surface area contributed by atoms with Crippen molar-refractivity contribution >= 4 is 74.0 Å². The zero-order chi connectivity index (χ0) is 73.3. The number of unbranched alkanes of at least 4 members (excludes halogenated alkanes) is 2. The molecular formula is C66H86N12O20P2. The van der Waals surface area contributed by atoms with Crippen LogP contribution in [0.1, 0.15) is 132 Å². The molecule has 6 aromatic rings. The Morgan fingerprint density at radius 1 is 0.530 bits per heavy atom. The van der Waals surface area contributed by atoms with Crippen LogP contribution in [0.3, 0.4) is 0 Å². The molecule has 0 amide bonds. The number of nitrogens with two attached hydrogens (primary N) is 2. The van der Waals surface area contributed by atoms with E-state index < -0.39 is 148 Å². The number of rotatable bonds is 32. The van der Waals surface area contributed by atoms with E-state index in [1.807, 2.05) is 26.0 Å². The SMILES string of the molecule is CCCCOC(=O)[C@H](C)N[P@@](=O)(OC[C@@]1(C#N)O[C@@H](c2ccc3c(N)ncnn23)[C@H](OC(=O)C(C)C)[C@@H]1OC(=O)C(C)C)Oc1ccccc1.CCCCOC(=O)[C@H](C)N[P@](=O)(OC[C@@]1(C#N)O[C@@H](c2ccc3c(N)ncnn23)[C@H](OC(=O)C(C)C)[C@@H]1OC(=O)C(C)C)Oc1ccccc1. The van der Waals surface area contributed by atoms with Gasteiger partial charge in [-0.05, 0) is 75.2 Å². The molecule has 8 rings (SSSR count). The first kappa shape index (κ1) is 78.2. The molecule has 0 aliphatic carbocycles. The van der Waals surface area contributed by atoms with E-state index in [2.05, 4.69) is 30.3 Å². The van der Waals surface area contributed by atoms with Crippen LogP contribution in [0.2, 0.25) is 0 Å². The van der Waals surface area contributed by atoms with Gasteiger partial charge in [-0.2, -0.15) is 30.9 Å². The molecule has 0 spiro atoms. The minimum atomic E-state index is -4.54. The molecule has 4 aromatic heterocycles. The normalized spacial score (nSPS) is 22.1. The van der Waals surface area contributed by atoms with Crippen molar-refractivity contribution in [2.45, 2.75) is 169 Å². The van der Waals surface area contributed by atoms with Crippen molar-refractivity contribution in [1.82, 2.24) is 39.4 Å². The molecule has 2 fully saturated rings. The molecule has 6 heterocycles. The smallest absolute Gasteiger partial charge is 0.459 e. The van der Waals surface area contributed by atoms with Gasteiger partial charge in [-0.1, -0.05) is 118 Å². The number of aromatic nitrogens is 6. The summed E-state index contributed by atoms with van der Waals surface area (Å²) in [6, 6.07) is 24.1. The van der Waals surface area contributed by atoms with E-state index in [1.165, 1.54) is 59.8 Å². The first-order valence-electron chi connectivity index (χ1n) is 32.5. The van der Waals surface area contributed by atoms with E-state index in [0.29, 0.717) is 23.9 Å². The van der Waals surface area contributed by atoms with Crippen molar-refractivity contribution in [2.24, 2.45) is 23.7 Å². The summed E-state index contributed by atoms with van der Waals surface area (Å²) >= 11 is 0. The molecule has 12 atom stereocenters. The Balaban J connectivity index is 0.000000281. The fourth-order valence-corrected chi connectivity index (χ4v) is 12.8. The number of nitrogens with zero attached hydrogens (tertiary/aromatic N) is 8. The molecule has 0 unspecified atom stereocenters. The molecule has 2 saturated heterocycles. The fourth-order valence-electron chi connectivity index (χ4n) is 9.76. The first-order chi connectivity index (χ1) is 47.5. The van der Waals surface area contributed by atoms with Crippen LogP contribution in [0, 0.1) is 46.3 Å². The van der Waals surface area contributed by atoms with Crippen LogP contribution >= 0.6 is 15.5 Å². The number of nitrogens with one attached hydrogen (secondary N) is 2. The highest BCUT2D eigenvalue weighted by molar-refractivity contribution is 7.52. The number of carbonyl (C=O) groups excluding carboxylic acids is 6. The first-order valence-corrected chi connectivity index (χ1v) is 35.6. The van der Waals surface area contributed by atoms with Crippen LogP contribution in [0.15, 0.2) is 97.6 Å². The van der Waals surface area contributed by atoms with E-state index in [9.17, 15) is 48.4 Å². The van der Waals surface area contributed by atoms with Gasteiger partial charge in [0, 0.05) is 0 Å². The van der Waals surface area contributed by atoms with Gasteiger partial charge in [0.25, 0.3) is 0 Å². The average Bonchev–Trinajstić information content (AvgIpc) is 1.59. The molecule has 100 heavy (non-hydrogen) atoms. The zero-order valence-electron chi connectivity index (χ0n) is 57.6. The Morgan fingerprint density at radius 3 is 1.19 bits per heavy atom. The predicted molar refractivity (Wildman–Crippen MR) is 356 cm³/mol. The Bertz CT molecular complexity index is 3740. The largest absolute Gasteiger partial charge is 0.465 e. The monoisotopic (exact) mass is 1430 g/mol. The maximum Gasteiger partial charge on any atom is 0.459 e. The molecule has 32 nitrogen and oxygen atoms in total. The van der Waals surface area contributed by atoms with Gasteiger partial charge in [0.05, 0.1) is 48.3 Å². The maximum atomic E-state index is 14.4. The second kappa shape index (κ2) is 34.8. The van der Waals surface area contributed by atoms with Crippen molar-refractivity contribution < 1.29 is 93.9 Å². The topological polar surface area (TPSA) is 431 Å². The quantitative estimate of drug-likeness (QED) is 0.0133. The van der Waals surface area contributed by atoms with Gasteiger partial charge < -0.3 is 58.4 Å². The summed E-state index contributed by atoms with van der Waals surface area (Å²) in [4.78, 5) is 85.9. The molecule has 540 valence electrons. The Kier molecular flexibility index (Phi) is 27.2. The zero-order valence-corrected chi connectivity index (χ0v) is 59.4. The van der Waals surface area contributed by atoms with Crippen LogP contribution in [0.25, 0.3) is 11.0 Å². The lowest BCUT2D eigenvalue weighted by Gasteiger charge is -2.31. The number of carbonyl (C=O) groups is 6. The van der Waals surface area contributed by atoms with Crippen molar-refractivity contribution in [2.75, 3.05) is 37.9 Å². The van der Waals surface area contributed by atoms with E-state index in [0.717, 1.165) is 12.8 Å². The summed E-state index contributed by atoms with van der Waals surface area (Å²) in [7, 11) is -9.08. The highest BCUT2D eigenvalue weighted by Crippen LogP contribution is 2.52. The van der Waals surface area contributed by atoms with Crippen molar-refractivity contribution in [3.8, 4) is 23.6 Å². The van der Waals surface area contributed by atoms with E-state index in [4.69, 9.17) is 67.5 Å². The average molecular weight is 1430 g/mol. The molecular weight excluding hydrogens is 1340 g/mol. The molecule has 0 saturated carbocycles. The Morgan fingerprint density at radius 2 is 0.870 bits per heavy atom. The second-order valence-corrected chi connectivity index (χ2v) is 28.1. The number of hydrogen-bond donors (Lipinski definition) is 4. The van der Waals surface area contributed by atoms with Crippen LogP contribution in [-0.4, -0.2) is 139 Å². The summed E-state index contributed by atoms with van der Waals surface area (Å²) in [6.45, 7) is 18.1. The van der Waals surface area contributed by atoms with Crippen LogP contribution < -0.4 is 30.7 Å². The minimum absolute atomic E-state index is 0.120. The van der Waals surface area contributed by atoms with Crippen molar-refractivity contribution in [3.63, 3.8) is 0 Å². The predicted octanol–water partition coefficient (Wildman–Crippen LogP) is 8.61. The standard InChI is InChI=1S/2C33H43N6O10P/c2*1-7-8-16-44-32(42)22(6)38-50(43,49-23-12-10-9-11-13-23)45-18-33(17-34)28(47-31(41)21(4)5)27(46-30(40)20(2)3)26(48-33)24-14-15-25-29(35)36-19-37-39(24)25/h2*9-15,19-22,26-28H,7-8,16,18H2,1-6H3,(H,38,43)(H2,35,36,37)/t22-,26-,27-,28-,33+,50+;22-,26-,27-,28-,33+,50-/m00/s1. The number of fused-ring (bicyclic) bond motifs is 2. The molecule has 2 aliphatic heterocycles. The summed E-state index contributed by atoms with van der Waals surface area (Å²) in [5.74, 6) is -6.27. The number of ether oxygens (including phenoxy) is 8. The number of nitriles is 2. The Labute approximate surface area is 578 Å². The van der Waals surface area contributed by atoms with Crippen LogP contribution in [0.5, 0.6) is 11.5 Å². The third-order valence-corrected chi connectivity index (χ3v) is 18.6. The van der Waals surface area contributed by atoms with Crippen LogP contribution in [-0.2, 0) is 84.8 Å². The highest BCUT2D eigenvalue weighted by atomic mass is 31.2. The van der Waals surface area contributed by atoms with E-state index in [-0.39, 0.29) is 47.7 Å².